The molecule has 1 aliphatic carbocycles. The van der Waals surface area contributed by atoms with E-state index in [1.165, 1.54) is 0 Å². The molecule has 102 valence electrons. The van der Waals surface area contributed by atoms with E-state index in [-0.39, 0.29) is 18.2 Å². The minimum atomic E-state index is -1.04. The first-order chi connectivity index (χ1) is 8.43. The highest BCUT2D eigenvalue weighted by Gasteiger charge is 2.46. The Balaban J connectivity index is 1.97. The fourth-order valence-electron chi connectivity index (χ4n) is 2.55. The maximum Gasteiger partial charge on any atom is 0.329 e. The zero-order valence-corrected chi connectivity index (χ0v) is 10.8. The summed E-state index contributed by atoms with van der Waals surface area (Å²) in [6, 6.07) is -0.292. The molecule has 6 nitrogen and oxygen atoms in total. The van der Waals surface area contributed by atoms with E-state index in [4.69, 9.17) is 4.74 Å². The molecule has 0 aromatic rings. The highest BCUT2D eigenvalue weighted by Crippen LogP contribution is 2.32. The quantitative estimate of drug-likeness (QED) is 0.766. The fraction of sp³-hybridized carbons (Fsp3) is 0.833. The number of urea groups is 1. The lowest BCUT2D eigenvalue weighted by atomic mass is 9.77. The lowest BCUT2D eigenvalue weighted by Crippen LogP contribution is -2.63. The van der Waals surface area contributed by atoms with Crippen LogP contribution in [0.3, 0.4) is 0 Å². The Hall–Kier alpha value is -1.30. The molecule has 2 amide bonds. The lowest BCUT2D eigenvalue weighted by Gasteiger charge is -2.42. The van der Waals surface area contributed by atoms with Crippen molar-refractivity contribution in [2.75, 3.05) is 13.1 Å². The largest absolute Gasteiger partial charge is 0.480 e. The minimum Gasteiger partial charge on any atom is -0.480 e. The number of carboxylic acid groups (broad SMARTS) is 1. The number of carboxylic acids is 1. The Morgan fingerprint density at radius 1 is 1.28 bits per heavy atom. The summed E-state index contributed by atoms with van der Waals surface area (Å²) in [7, 11) is 0. The molecular weight excluding hydrogens is 236 g/mol. The second-order valence-corrected chi connectivity index (χ2v) is 5.33. The highest BCUT2D eigenvalue weighted by molar-refractivity contribution is 5.87. The molecule has 0 spiro atoms. The monoisotopic (exact) mass is 256 g/mol. The average molecular weight is 256 g/mol. The van der Waals surface area contributed by atoms with Gasteiger partial charge in [0.15, 0.2) is 0 Å². The Morgan fingerprint density at radius 3 is 2.22 bits per heavy atom. The van der Waals surface area contributed by atoms with Crippen molar-refractivity contribution in [2.24, 2.45) is 0 Å². The predicted octanol–water partition coefficient (Wildman–Crippen LogP) is 0.812. The first-order valence-electron chi connectivity index (χ1n) is 6.39. The van der Waals surface area contributed by atoms with Gasteiger partial charge in [0.25, 0.3) is 0 Å². The van der Waals surface area contributed by atoms with E-state index in [1.54, 1.807) is 4.90 Å². The Morgan fingerprint density at radius 2 is 1.83 bits per heavy atom. The fourth-order valence-corrected chi connectivity index (χ4v) is 2.55. The molecule has 1 heterocycles. The highest BCUT2D eigenvalue weighted by atomic mass is 16.5. The molecule has 1 saturated carbocycles. The van der Waals surface area contributed by atoms with Gasteiger partial charge in [-0.2, -0.15) is 0 Å². The van der Waals surface area contributed by atoms with Crippen LogP contribution in [0.4, 0.5) is 4.79 Å². The van der Waals surface area contributed by atoms with Crippen molar-refractivity contribution in [1.82, 2.24) is 10.2 Å². The molecular formula is C12H20N2O4. The van der Waals surface area contributed by atoms with Crippen LogP contribution in [0.2, 0.25) is 0 Å². The Bertz CT molecular complexity index is 344. The normalized spacial score (nSPS) is 30.4. The van der Waals surface area contributed by atoms with E-state index < -0.39 is 11.5 Å². The van der Waals surface area contributed by atoms with Gasteiger partial charge >= 0.3 is 12.0 Å². The second kappa shape index (κ2) is 4.76. The van der Waals surface area contributed by atoms with Crippen molar-refractivity contribution in [3.05, 3.63) is 0 Å². The number of nitrogens with zero attached hydrogens (tertiary/aromatic N) is 1. The van der Waals surface area contributed by atoms with Crippen LogP contribution in [0.25, 0.3) is 0 Å². The number of hydrogen-bond acceptors (Lipinski definition) is 3. The average Bonchev–Trinajstić information content (AvgIpc) is 2.21. The molecule has 2 fully saturated rings. The van der Waals surface area contributed by atoms with Crippen LogP contribution < -0.4 is 5.32 Å². The van der Waals surface area contributed by atoms with Crippen LogP contribution in [0.1, 0.15) is 33.1 Å². The molecule has 0 aromatic heterocycles. The van der Waals surface area contributed by atoms with Crippen molar-refractivity contribution in [3.63, 3.8) is 0 Å². The van der Waals surface area contributed by atoms with Gasteiger partial charge in [0.1, 0.15) is 5.54 Å². The molecule has 6 heteroatoms. The topological polar surface area (TPSA) is 78.9 Å². The van der Waals surface area contributed by atoms with Gasteiger partial charge in [0, 0.05) is 13.1 Å². The summed E-state index contributed by atoms with van der Waals surface area (Å²) in [5.41, 5.74) is -1.04. The summed E-state index contributed by atoms with van der Waals surface area (Å²) in [5, 5.41) is 11.8. The summed E-state index contributed by atoms with van der Waals surface area (Å²) >= 11 is 0. The third-order valence-corrected chi connectivity index (χ3v) is 3.67. The lowest BCUT2D eigenvalue weighted by molar-refractivity contribution is -0.148. The number of amides is 2. The van der Waals surface area contributed by atoms with Crippen LogP contribution >= 0.6 is 0 Å². The molecule has 0 bridgehead atoms. The summed E-state index contributed by atoms with van der Waals surface area (Å²) < 4.78 is 5.55. The van der Waals surface area contributed by atoms with E-state index in [2.05, 4.69) is 5.32 Å². The molecule has 2 aliphatic rings. The number of carbonyl (C=O) groups is 2. The van der Waals surface area contributed by atoms with Crippen molar-refractivity contribution in [3.8, 4) is 0 Å². The van der Waals surface area contributed by atoms with Crippen molar-refractivity contribution < 1.29 is 19.4 Å². The molecule has 0 radical (unpaired) electrons. The molecule has 18 heavy (non-hydrogen) atoms. The van der Waals surface area contributed by atoms with Gasteiger partial charge in [0.05, 0.1) is 12.2 Å². The zero-order chi connectivity index (χ0) is 13.3. The first-order valence-corrected chi connectivity index (χ1v) is 6.39. The Labute approximate surface area is 106 Å². The van der Waals surface area contributed by atoms with Crippen LogP contribution in [0.15, 0.2) is 0 Å². The predicted molar refractivity (Wildman–Crippen MR) is 64.3 cm³/mol. The van der Waals surface area contributed by atoms with Gasteiger partial charge in [-0.05, 0) is 33.1 Å². The molecule has 2 atom stereocenters. The van der Waals surface area contributed by atoms with Crippen molar-refractivity contribution in [1.29, 1.82) is 0 Å². The molecule has 1 saturated heterocycles. The summed E-state index contributed by atoms with van der Waals surface area (Å²) in [5.74, 6) is -0.934. The van der Waals surface area contributed by atoms with Crippen molar-refractivity contribution in [2.45, 2.75) is 50.9 Å². The van der Waals surface area contributed by atoms with Crippen molar-refractivity contribution >= 4 is 12.0 Å². The number of nitrogens with one attached hydrogen (secondary N) is 1. The number of morpholine rings is 1. The number of hydrogen-bond donors (Lipinski definition) is 2. The zero-order valence-electron chi connectivity index (χ0n) is 10.8. The van der Waals surface area contributed by atoms with Crippen LogP contribution in [0.5, 0.6) is 0 Å². The molecule has 1 aliphatic heterocycles. The van der Waals surface area contributed by atoms with E-state index in [9.17, 15) is 14.7 Å². The maximum absolute atomic E-state index is 12.1. The van der Waals surface area contributed by atoms with Gasteiger partial charge in [-0.15, -0.1) is 0 Å². The molecule has 2 rings (SSSR count). The maximum atomic E-state index is 12.1. The van der Waals surface area contributed by atoms with E-state index >= 15 is 0 Å². The molecule has 0 aromatic carbocycles. The SMILES string of the molecule is CC1CN(C(=O)NC2(C(=O)O)CCC2)CC(C)O1. The summed E-state index contributed by atoms with van der Waals surface area (Å²) in [6.45, 7) is 4.83. The number of carbonyl (C=O) groups excluding carboxylic acids is 1. The summed E-state index contributed by atoms with van der Waals surface area (Å²) in [4.78, 5) is 24.9. The van der Waals surface area contributed by atoms with Crippen LogP contribution in [0, 0.1) is 0 Å². The number of ether oxygens (including phenoxy) is 1. The van der Waals surface area contributed by atoms with Crippen LogP contribution in [-0.4, -0.2) is 52.8 Å². The van der Waals surface area contributed by atoms with Gasteiger partial charge in [0.2, 0.25) is 0 Å². The van der Waals surface area contributed by atoms with Gasteiger partial charge < -0.3 is 20.1 Å². The third-order valence-electron chi connectivity index (χ3n) is 3.67. The van der Waals surface area contributed by atoms with Crippen LogP contribution in [-0.2, 0) is 9.53 Å². The third kappa shape index (κ3) is 2.43. The number of aliphatic carboxylic acids is 1. The molecule has 2 N–H and O–H groups in total. The van der Waals surface area contributed by atoms with E-state index in [1.807, 2.05) is 13.8 Å². The summed E-state index contributed by atoms with van der Waals surface area (Å²) in [6.07, 6.45) is 1.86. The van der Waals surface area contributed by atoms with Gasteiger partial charge in [-0.3, -0.25) is 0 Å². The van der Waals surface area contributed by atoms with E-state index in [0.717, 1.165) is 6.42 Å². The number of rotatable bonds is 2. The van der Waals surface area contributed by atoms with Gasteiger partial charge in [-0.1, -0.05) is 0 Å². The molecule has 2 unspecified atom stereocenters. The van der Waals surface area contributed by atoms with Gasteiger partial charge in [-0.25, -0.2) is 9.59 Å². The Kier molecular flexibility index (Phi) is 3.47. The minimum absolute atomic E-state index is 0.0123. The second-order valence-electron chi connectivity index (χ2n) is 5.33. The van der Waals surface area contributed by atoms with E-state index in [0.29, 0.717) is 25.9 Å². The standard InChI is InChI=1S/C12H20N2O4/c1-8-6-14(7-9(2)18-8)11(17)13-12(10(15)16)4-3-5-12/h8-9H,3-7H2,1-2H3,(H,13,17)(H,15,16). The first kappa shape index (κ1) is 13.1. The smallest absolute Gasteiger partial charge is 0.329 e.